The number of ether oxygens (including phenoxy) is 2. The van der Waals surface area contributed by atoms with E-state index in [1.54, 1.807) is 21.1 Å². The molecular formula is C12H23N3O2. The van der Waals surface area contributed by atoms with Gasteiger partial charge in [-0.3, -0.25) is 4.90 Å². The molecule has 2 N–H and O–H groups in total. The van der Waals surface area contributed by atoms with Gasteiger partial charge >= 0.3 is 0 Å². The molecule has 1 aliphatic rings. The van der Waals surface area contributed by atoms with Gasteiger partial charge in [-0.15, -0.1) is 0 Å². The van der Waals surface area contributed by atoms with Gasteiger partial charge in [-0.2, -0.15) is 5.26 Å². The van der Waals surface area contributed by atoms with Crippen LogP contribution in [0.4, 0.5) is 0 Å². The Hall–Kier alpha value is -0.670. The van der Waals surface area contributed by atoms with Gasteiger partial charge in [0.25, 0.3) is 0 Å². The van der Waals surface area contributed by atoms with E-state index in [0.29, 0.717) is 6.42 Å². The maximum absolute atomic E-state index is 8.94. The van der Waals surface area contributed by atoms with Gasteiger partial charge in [-0.1, -0.05) is 0 Å². The number of nitriles is 1. The highest BCUT2D eigenvalue weighted by molar-refractivity contribution is 5.03. The van der Waals surface area contributed by atoms with Gasteiger partial charge in [0.1, 0.15) is 5.54 Å². The first-order chi connectivity index (χ1) is 7.93. The summed E-state index contributed by atoms with van der Waals surface area (Å²) >= 11 is 0. The van der Waals surface area contributed by atoms with Crippen molar-refractivity contribution < 1.29 is 9.47 Å². The van der Waals surface area contributed by atoms with E-state index in [-0.39, 0.29) is 18.2 Å². The zero-order chi connectivity index (χ0) is 13.1. The molecule has 5 nitrogen and oxygen atoms in total. The molecule has 1 heterocycles. The normalized spacial score (nSPS) is 30.8. The zero-order valence-electron chi connectivity index (χ0n) is 11.1. The molecule has 0 aromatic heterocycles. The van der Waals surface area contributed by atoms with Crippen molar-refractivity contribution in [1.29, 1.82) is 5.26 Å². The number of rotatable bonds is 5. The number of hydrogen-bond acceptors (Lipinski definition) is 5. The van der Waals surface area contributed by atoms with Crippen molar-refractivity contribution in [3.05, 3.63) is 0 Å². The van der Waals surface area contributed by atoms with E-state index in [2.05, 4.69) is 17.9 Å². The van der Waals surface area contributed by atoms with Crippen LogP contribution in [0.2, 0.25) is 0 Å². The molecule has 17 heavy (non-hydrogen) atoms. The fourth-order valence-corrected chi connectivity index (χ4v) is 2.37. The van der Waals surface area contributed by atoms with Crippen LogP contribution in [0.25, 0.3) is 0 Å². The van der Waals surface area contributed by atoms with Crippen LogP contribution in [0.3, 0.4) is 0 Å². The van der Waals surface area contributed by atoms with E-state index in [1.165, 1.54) is 0 Å². The molecule has 5 heteroatoms. The van der Waals surface area contributed by atoms with Crippen molar-refractivity contribution in [3.8, 4) is 6.07 Å². The number of nitrogens with two attached hydrogens (primary N) is 1. The van der Waals surface area contributed by atoms with Crippen molar-refractivity contribution in [2.24, 2.45) is 5.73 Å². The molecule has 4 atom stereocenters. The largest absolute Gasteiger partial charge is 0.377 e. The summed E-state index contributed by atoms with van der Waals surface area (Å²) in [5.41, 5.74) is 5.10. The minimum absolute atomic E-state index is 0.105. The van der Waals surface area contributed by atoms with E-state index in [1.807, 2.05) is 0 Å². The molecule has 0 bridgehead atoms. The predicted molar refractivity (Wildman–Crippen MR) is 65.5 cm³/mol. The summed E-state index contributed by atoms with van der Waals surface area (Å²) in [5, 5.41) is 8.94. The van der Waals surface area contributed by atoms with Gasteiger partial charge in [0.2, 0.25) is 0 Å². The lowest BCUT2D eigenvalue weighted by molar-refractivity contribution is -0.00461. The first-order valence-corrected chi connectivity index (χ1v) is 5.93. The Labute approximate surface area is 103 Å². The van der Waals surface area contributed by atoms with Crippen LogP contribution in [-0.4, -0.2) is 56.0 Å². The van der Waals surface area contributed by atoms with Gasteiger partial charge < -0.3 is 15.2 Å². The summed E-state index contributed by atoms with van der Waals surface area (Å²) in [6.07, 6.45) is 0.859. The maximum atomic E-state index is 8.94. The van der Waals surface area contributed by atoms with Crippen LogP contribution in [-0.2, 0) is 9.47 Å². The first kappa shape index (κ1) is 14.4. The molecule has 0 amide bonds. The molecule has 0 spiro atoms. The van der Waals surface area contributed by atoms with Crippen molar-refractivity contribution in [3.63, 3.8) is 0 Å². The molecule has 1 aliphatic heterocycles. The topological polar surface area (TPSA) is 71.5 Å². The maximum Gasteiger partial charge on any atom is 0.102 e. The Balaban J connectivity index is 2.55. The summed E-state index contributed by atoms with van der Waals surface area (Å²) in [7, 11) is 3.40. The number of likely N-dealkylation sites (tertiary alicyclic amines) is 1. The summed E-state index contributed by atoms with van der Waals surface area (Å²) in [6, 6.07) is 2.39. The van der Waals surface area contributed by atoms with E-state index < -0.39 is 5.54 Å². The smallest absolute Gasteiger partial charge is 0.102 e. The first-order valence-electron chi connectivity index (χ1n) is 5.93. The fraction of sp³-hybridized carbons (Fsp3) is 0.917. The molecule has 0 radical (unpaired) electrons. The standard InChI is InChI=1S/C12H23N3O2/c1-9(5-12(2,14)8-13)15-6-10(16-3)11(7-15)17-4/h9-11H,5-7,14H2,1-4H3. The van der Waals surface area contributed by atoms with Crippen LogP contribution in [0.1, 0.15) is 20.3 Å². The third-order valence-corrected chi connectivity index (χ3v) is 3.45. The molecule has 0 aromatic rings. The predicted octanol–water partition coefficient (Wildman–Crippen LogP) is 0.352. The van der Waals surface area contributed by atoms with Crippen LogP contribution in [0.5, 0.6) is 0 Å². The third-order valence-electron chi connectivity index (χ3n) is 3.45. The summed E-state index contributed by atoms with van der Waals surface area (Å²) in [5.74, 6) is 0. The molecule has 1 fully saturated rings. The van der Waals surface area contributed by atoms with Gasteiger partial charge in [0, 0.05) is 33.4 Å². The minimum atomic E-state index is -0.771. The number of hydrogen-bond donors (Lipinski definition) is 1. The highest BCUT2D eigenvalue weighted by atomic mass is 16.5. The highest BCUT2D eigenvalue weighted by Gasteiger charge is 2.36. The monoisotopic (exact) mass is 241 g/mol. The van der Waals surface area contributed by atoms with Crippen molar-refractivity contribution in [2.45, 2.75) is 44.1 Å². The second kappa shape index (κ2) is 5.78. The van der Waals surface area contributed by atoms with Crippen molar-refractivity contribution >= 4 is 0 Å². The molecule has 98 valence electrons. The summed E-state index contributed by atoms with van der Waals surface area (Å²) in [4.78, 5) is 2.27. The third kappa shape index (κ3) is 3.65. The van der Waals surface area contributed by atoms with Crippen LogP contribution >= 0.6 is 0 Å². The molecule has 0 aromatic carbocycles. The Morgan fingerprint density at radius 2 is 1.88 bits per heavy atom. The second-order valence-electron chi connectivity index (χ2n) is 5.08. The van der Waals surface area contributed by atoms with E-state index in [4.69, 9.17) is 20.5 Å². The van der Waals surface area contributed by atoms with Crippen LogP contribution in [0.15, 0.2) is 0 Å². The van der Waals surface area contributed by atoms with E-state index in [0.717, 1.165) is 13.1 Å². The lowest BCUT2D eigenvalue weighted by Crippen LogP contribution is -2.43. The molecule has 0 saturated carbocycles. The fourth-order valence-electron chi connectivity index (χ4n) is 2.37. The molecule has 1 rings (SSSR count). The van der Waals surface area contributed by atoms with Crippen LogP contribution in [0, 0.1) is 11.3 Å². The lowest BCUT2D eigenvalue weighted by atomic mass is 9.96. The quantitative estimate of drug-likeness (QED) is 0.752. The van der Waals surface area contributed by atoms with Crippen molar-refractivity contribution in [2.75, 3.05) is 27.3 Å². The minimum Gasteiger partial charge on any atom is -0.377 e. The zero-order valence-corrected chi connectivity index (χ0v) is 11.1. The van der Waals surface area contributed by atoms with E-state index in [9.17, 15) is 0 Å². The molecule has 0 aliphatic carbocycles. The Morgan fingerprint density at radius 3 is 2.24 bits per heavy atom. The van der Waals surface area contributed by atoms with Gasteiger partial charge in [-0.25, -0.2) is 0 Å². The van der Waals surface area contributed by atoms with Crippen molar-refractivity contribution in [1.82, 2.24) is 4.90 Å². The molecular weight excluding hydrogens is 218 g/mol. The molecule has 4 unspecified atom stereocenters. The average Bonchev–Trinajstić information content (AvgIpc) is 2.71. The Bertz CT molecular complexity index is 276. The summed E-state index contributed by atoms with van der Waals surface area (Å²) in [6.45, 7) is 5.52. The van der Waals surface area contributed by atoms with E-state index >= 15 is 0 Å². The number of nitrogens with zero attached hydrogens (tertiary/aromatic N) is 2. The van der Waals surface area contributed by atoms with Gasteiger partial charge in [-0.05, 0) is 20.3 Å². The summed E-state index contributed by atoms with van der Waals surface area (Å²) < 4.78 is 10.8. The average molecular weight is 241 g/mol. The Morgan fingerprint density at radius 1 is 1.41 bits per heavy atom. The lowest BCUT2D eigenvalue weighted by Gasteiger charge is -2.28. The second-order valence-corrected chi connectivity index (χ2v) is 5.08. The van der Waals surface area contributed by atoms with Crippen LogP contribution < -0.4 is 5.73 Å². The Kier molecular flexibility index (Phi) is 4.90. The SMILES string of the molecule is COC1CN(C(C)CC(C)(N)C#N)CC1OC. The molecule has 1 saturated heterocycles. The number of methoxy groups -OCH3 is 2. The van der Waals surface area contributed by atoms with Gasteiger partial charge in [0.05, 0.1) is 18.3 Å². The highest BCUT2D eigenvalue weighted by Crippen LogP contribution is 2.21. The van der Waals surface area contributed by atoms with Gasteiger partial charge in [0.15, 0.2) is 0 Å².